The molecule has 4 aliphatic rings. The Bertz CT molecular complexity index is 874. The number of carbonyl (C=O) groups excluding carboxylic acids is 3. The van der Waals surface area contributed by atoms with E-state index < -0.39 is 0 Å². The fourth-order valence-corrected chi connectivity index (χ4v) is 5.54. The molecule has 3 amide bonds. The molecule has 3 saturated heterocycles. The summed E-state index contributed by atoms with van der Waals surface area (Å²) < 4.78 is 0. The lowest BCUT2D eigenvalue weighted by Gasteiger charge is -2.45. The van der Waals surface area contributed by atoms with Crippen LogP contribution in [0.1, 0.15) is 61.7 Å². The summed E-state index contributed by atoms with van der Waals surface area (Å²) in [6, 6.07) is 5.53. The Balaban J connectivity index is 1.47. The molecular weight excluding hydrogens is 392 g/mol. The average Bonchev–Trinajstić information content (AvgIpc) is 3.36. The van der Waals surface area contributed by atoms with Gasteiger partial charge in [-0.25, -0.2) is 0 Å². The molecule has 31 heavy (non-hydrogen) atoms. The molecule has 0 spiro atoms. The number of amides is 3. The first-order valence-corrected chi connectivity index (χ1v) is 11.9. The molecular formula is C24H32N4O3. The summed E-state index contributed by atoms with van der Waals surface area (Å²) in [5.74, 6) is 0.0405. The third-order valence-corrected chi connectivity index (χ3v) is 7.27. The minimum atomic E-state index is -0.199. The van der Waals surface area contributed by atoms with Crippen LogP contribution in [0.15, 0.2) is 18.2 Å². The van der Waals surface area contributed by atoms with E-state index in [4.69, 9.17) is 0 Å². The molecule has 0 N–H and O–H groups in total. The number of hydrogen-bond acceptors (Lipinski definition) is 4. The van der Waals surface area contributed by atoms with Gasteiger partial charge in [-0.2, -0.15) is 0 Å². The Labute approximate surface area is 184 Å². The van der Waals surface area contributed by atoms with E-state index in [0.29, 0.717) is 5.56 Å². The van der Waals surface area contributed by atoms with E-state index in [-0.39, 0.29) is 30.3 Å². The number of carbonyl (C=O) groups is 3. The summed E-state index contributed by atoms with van der Waals surface area (Å²) in [5, 5.41) is 0. The Morgan fingerprint density at radius 3 is 2.26 bits per heavy atom. The first-order chi connectivity index (χ1) is 15.1. The minimum absolute atomic E-state index is 0.00308. The van der Waals surface area contributed by atoms with Crippen molar-refractivity contribution in [3.05, 3.63) is 23.8 Å². The van der Waals surface area contributed by atoms with Crippen molar-refractivity contribution in [3.63, 3.8) is 0 Å². The van der Waals surface area contributed by atoms with Gasteiger partial charge in [-0.3, -0.25) is 19.3 Å². The third kappa shape index (κ3) is 3.79. The highest BCUT2D eigenvalue weighted by molar-refractivity contribution is 6.09. The molecule has 0 bridgehead atoms. The van der Waals surface area contributed by atoms with Crippen LogP contribution in [0.3, 0.4) is 0 Å². The van der Waals surface area contributed by atoms with Crippen molar-refractivity contribution in [3.8, 4) is 0 Å². The molecule has 3 fully saturated rings. The molecule has 7 nitrogen and oxygen atoms in total. The zero-order chi connectivity index (χ0) is 21.4. The number of likely N-dealkylation sites (tertiary alicyclic amines) is 2. The van der Waals surface area contributed by atoms with E-state index >= 15 is 0 Å². The van der Waals surface area contributed by atoms with Gasteiger partial charge in [-0.15, -0.1) is 0 Å². The molecule has 0 saturated carbocycles. The van der Waals surface area contributed by atoms with Gasteiger partial charge in [0.2, 0.25) is 11.8 Å². The van der Waals surface area contributed by atoms with Crippen molar-refractivity contribution < 1.29 is 14.4 Å². The second kappa shape index (κ2) is 8.52. The molecule has 166 valence electrons. The Morgan fingerprint density at radius 2 is 1.48 bits per heavy atom. The highest BCUT2D eigenvalue weighted by Crippen LogP contribution is 2.40. The summed E-state index contributed by atoms with van der Waals surface area (Å²) in [6.07, 6.45) is 8.21. The van der Waals surface area contributed by atoms with Crippen molar-refractivity contribution in [1.29, 1.82) is 0 Å². The SMILES string of the molecule is O=C(CN1C(=O)C2CCCCN2c2ccc(C(=O)N3CCCC3)cc21)N1CCCCC1. The lowest BCUT2D eigenvalue weighted by atomic mass is 9.95. The quantitative estimate of drug-likeness (QED) is 0.748. The van der Waals surface area contributed by atoms with Gasteiger partial charge in [0.15, 0.2) is 0 Å². The van der Waals surface area contributed by atoms with Crippen LogP contribution in [-0.4, -0.2) is 72.8 Å². The topological polar surface area (TPSA) is 64.2 Å². The van der Waals surface area contributed by atoms with Crippen LogP contribution >= 0.6 is 0 Å². The van der Waals surface area contributed by atoms with Crippen molar-refractivity contribution in [2.75, 3.05) is 49.1 Å². The molecule has 0 aromatic heterocycles. The molecule has 1 aromatic carbocycles. The van der Waals surface area contributed by atoms with Crippen molar-refractivity contribution in [2.24, 2.45) is 0 Å². The van der Waals surface area contributed by atoms with E-state index in [2.05, 4.69) is 4.90 Å². The average molecular weight is 425 g/mol. The second-order valence-electron chi connectivity index (χ2n) is 9.27. The van der Waals surface area contributed by atoms with Crippen molar-refractivity contribution in [1.82, 2.24) is 9.80 Å². The summed E-state index contributed by atoms with van der Waals surface area (Å²) in [7, 11) is 0. The number of nitrogens with zero attached hydrogens (tertiary/aromatic N) is 4. The lowest BCUT2D eigenvalue weighted by Crippen LogP contribution is -2.57. The van der Waals surface area contributed by atoms with Gasteiger partial charge in [0.05, 0.1) is 11.4 Å². The number of benzene rings is 1. The Kier molecular flexibility index (Phi) is 5.59. The van der Waals surface area contributed by atoms with Crippen LogP contribution < -0.4 is 9.80 Å². The summed E-state index contributed by atoms with van der Waals surface area (Å²) in [6.45, 7) is 4.04. The van der Waals surface area contributed by atoms with E-state index in [1.54, 1.807) is 4.90 Å². The highest BCUT2D eigenvalue weighted by Gasteiger charge is 2.41. The Morgan fingerprint density at radius 1 is 0.806 bits per heavy atom. The van der Waals surface area contributed by atoms with Crippen LogP contribution in [0.25, 0.3) is 0 Å². The first-order valence-electron chi connectivity index (χ1n) is 11.9. The predicted octanol–water partition coefficient (Wildman–Crippen LogP) is 2.64. The van der Waals surface area contributed by atoms with Crippen LogP contribution in [0.4, 0.5) is 11.4 Å². The van der Waals surface area contributed by atoms with Crippen LogP contribution in [-0.2, 0) is 9.59 Å². The third-order valence-electron chi connectivity index (χ3n) is 7.27. The fraction of sp³-hybridized carbons (Fsp3) is 0.625. The molecule has 7 heteroatoms. The number of hydrogen-bond donors (Lipinski definition) is 0. The molecule has 5 rings (SSSR count). The number of fused-ring (bicyclic) bond motifs is 3. The number of anilines is 2. The summed E-state index contributed by atoms with van der Waals surface area (Å²) >= 11 is 0. The predicted molar refractivity (Wildman–Crippen MR) is 119 cm³/mol. The molecule has 1 aromatic rings. The largest absolute Gasteiger partial charge is 0.358 e. The van der Waals surface area contributed by atoms with Crippen molar-refractivity contribution >= 4 is 29.1 Å². The van der Waals surface area contributed by atoms with Gasteiger partial charge in [0.25, 0.3) is 5.91 Å². The maximum atomic E-state index is 13.5. The minimum Gasteiger partial charge on any atom is -0.358 e. The van der Waals surface area contributed by atoms with E-state index in [1.807, 2.05) is 28.0 Å². The van der Waals surface area contributed by atoms with Gasteiger partial charge in [-0.1, -0.05) is 0 Å². The number of rotatable bonds is 3. The number of piperidine rings is 2. The molecule has 1 atom stereocenters. The maximum Gasteiger partial charge on any atom is 0.253 e. The Hall–Kier alpha value is -2.57. The fourth-order valence-electron chi connectivity index (χ4n) is 5.54. The van der Waals surface area contributed by atoms with Crippen LogP contribution in [0.2, 0.25) is 0 Å². The van der Waals surface area contributed by atoms with Crippen LogP contribution in [0.5, 0.6) is 0 Å². The van der Waals surface area contributed by atoms with E-state index in [9.17, 15) is 14.4 Å². The lowest BCUT2D eigenvalue weighted by molar-refractivity contribution is -0.132. The maximum absolute atomic E-state index is 13.5. The molecule has 4 aliphatic heterocycles. The van der Waals surface area contributed by atoms with Gasteiger partial charge in [0, 0.05) is 38.3 Å². The zero-order valence-corrected chi connectivity index (χ0v) is 18.2. The zero-order valence-electron chi connectivity index (χ0n) is 18.2. The van der Waals surface area contributed by atoms with E-state index in [1.165, 1.54) is 0 Å². The van der Waals surface area contributed by atoms with Gasteiger partial charge in [-0.05, 0) is 69.6 Å². The monoisotopic (exact) mass is 424 g/mol. The first kappa shape index (κ1) is 20.3. The normalized spacial score (nSPS) is 23.6. The molecule has 1 unspecified atom stereocenters. The van der Waals surface area contributed by atoms with Gasteiger partial charge in [0.1, 0.15) is 12.6 Å². The molecule has 0 aliphatic carbocycles. The van der Waals surface area contributed by atoms with Crippen molar-refractivity contribution in [2.45, 2.75) is 57.4 Å². The smallest absolute Gasteiger partial charge is 0.253 e. The summed E-state index contributed by atoms with van der Waals surface area (Å²) in [5.41, 5.74) is 2.31. The highest BCUT2D eigenvalue weighted by atomic mass is 16.2. The van der Waals surface area contributed by atoms with E-state index in [0.717, 1.165) is 95.5 Å². The molecule has 4 heterocycles. The molecule has 0 radical (unpaired) electrons. The van der Waals surface area contributed by atoms with Gasteiger partial charge >= 0.3 is 0 Å². The standard InChI is InChI=1S/C24H32N4O3/c29-22(25-11-3-1-4-12-25)17-28-21-16-18(23(30)26-13-6-7-14-26)9-10-19(21)27-15-5-2-8-20(27)24(28)31/h9-10,16,20H,1-8,11-15,17H2. The van der Waals surface area contributed by atoms with Crippen LogP contribution in [0, 0.1) is 0 Å². The second-order valence-corrected chi connectivity index (χ2v) is 9.27. The van der Waals surface area contributed by atoms with Gasteiger partial charge < -0.3 is 14.7 Å². The summed E-state index contributed by atoms with van der Waals surface area (Å²) in [4.78, 5) is 47.2.